The molecule has 1 aromatic carbocycles. The standard InChI is InChI=1S/C15H20O2/c1-2-10-17-15-9-4-3-8-14(15)12-6-5-7-13(16)11-12/h3-4,8-9,12H,2,5-7,10-11H2,1H3. The first-order chi connectivity index (χ1) is 8.31. The van der Waals surface area contributed by atoms with Crippen LogP contribution in [0.5, 0.6) is 5.75 Å². The van der Waals surface area contributed by atoms with Crippen molar-refractivity contribution in [1.82, 2.24) is 0 Å². The molecule has 0 radical (unpaired) electrons. The van der Waals surface area contributed by atoms with Gasteiger partial charge in [0.15, 0.2) is 0 Å². The first-order valence-corrected chi connectivity index (χ1v) is 6.54. The lowest BCUT2D eigenvalue weighted by molar-refractivity contribution is -0.120. The molecule has 17 heavy (non-hydrogen) atoms. The number of rotatable bonds is 4. The van der Waals surface area contributed by atoms with Crippen LogP contribution in [0.1, 0.15) is 50.5 Å². The van der Waals surface area contributed by atoms with Crippen LogP contribution < -0.4 is 4.74 Å². The second kappa shape index (κ2) is 5.85. The van der Waals surface area contributed by atoms with Gasteiger partial charge in [-0.3, -0.25) is 4.79 Å². The van der Waals surface area contributed by atoms with E-state index in [4.69, 9.17) is 4.74 Å². The van der Waals surface area contributed by atoms with Crippen molar-refractivity contribution < 1.29 is 9.53 Å². The SMILES string of the molecule is CCCOc1ccccc1C1CCCC(=O)C1. The number of carbonyl (C=O) groups excluding carboxylic acids is 1. The van der Waals surface area contributed by atoms with Crippen molar-refractivity contribution in [3.63, 3.8) is 0 Å². The van der Waals surface area contributed by atoms with Crippen molar-refractivity contribution in [3.05, 3.63) is 29.8 Å². The lowest BCUT2D eigenvalue weighted by Gasteiger charge is -2.23. The third-order valence-corrected chi connectivity index (χ3v) is 3.30. The van der Waals surface area contributed by atoms with Crippen LogP contribution in [0.15, 0.2) is 24.3 Å². The van der Waals surface area contributed by atoms with Crippen LogP contribution in [0.4, 0.5) is 0 Å². The van der Waals surface area contributed by atoms with Crippen molar-refractivity contribution in [2.45, 2.75) is 44.9 Å². The zero-order valence-corrected chi connectivity index (χ0v) is 10.4. The molecule has 0 bridgehead atoms. The highest BCUT2D eigenvalue weighted by atomic mass is 16.5. The Morgan fingerprint density at radius 3 is 2.94 bits per heavy atom. The van der Waals surface area contributed by atoms with Gasteiger partial charge in [0.05, 0.1) is 6.61 Å². The Hall–Kier alpha value is -1.31. The van der Waals surface area contributed by atoms with Crippen molar-refractivity contribution in [2.24, 2.45) is 0 Å². The fourth-order valence-electron chi connectivity index (χ4n) is 2.45. The normalized spacial score (nSPS) is 20.3. The molecule has 92 valence electrons. The molecule has 1 aromatic rings. The molecule has 0 amide bonds. The zero-order chi connectivity index (χ0) is 12.1. The van der Waals surface area contributed by atoms with Crippen LogP contribution >= 0.6 is 0 Å². The highest BCUT2D eigenvalue weighted by Crippen LogP contribution is 2.36. The van der Waals surface area contributed by atoms with Gasteiger partial charge in [-0.05, 0) is 36.8 Å². The number of ketones is 1. The third kappa shape index (κ3) is 3.09. The van der Waals surface area contributed by atoms with Gasteiger partial charge >= 0.3 is 0 Å². The monoisotopic (exact) mass is 232 g/mol. The van der Waals surface area contributed by atoms with Gasteiger partial charge in [0.1, 0.15) is 11.5 Å². The summed E-state index contributed by atoms with van der Waals surface area (Å²) in [7, 11) is 0. The molecule has 1 aliphatic carbocycles. The van der Waals surface area contributed by atoms with E-state index in [0.717, 1.165) is 38.0 Å². The molecular weight excluding hydrogens is 212 g/mol. The van der Waals surface area contributed by atoms with E-state index in [1.807, 2.05) is 18.2 Å². The number of hydrogen-bond acceptors (Lipinski definition) is 2. The molecule has 0 saturated heterocycles. The number of carbonyl (C=O) groups is 1. The highest BCUT2D eigenvalue weighted by molar-refractivity contribution is 5.80. The van der Waals surface area contributed by atoms with Gasteiger partial charge < -0.3 is 4.74 Å². The van der Waals surface area contributed by atoms with Gasteiger partial charge in [-0.1, -0.05) is 25.1 Å². The quantitative estimate of drug-likeness (QED) is 0.791. The smallest absolute Gasteiger partial charge is 0.133 e. The van der Waals surface area contributed by atoms with Crippen LogP contribution in [0.2, 0.25) is 0 Å². The van der Waals surface area contributed by atoms with Crippen molar-refractivity contribution in [2.75, 3.05) is 6.61 Å². The van der Waals surface area contributed by atoms with Crippen LogP contribution in [0, 0.1) is 0 Å². The van der Waals surface area contributed by atoms with E-state index in [2.05, 4.69) is 13.0 Å². The number of para-hydroxylation sites is 1. The first-order valence-electron chi connectivity index (χ1n) is 6.54. The molecule has 1 atom stereocenters. The van der Waals surface area contributed by atoms with Gasteiger partial charge in [-0.15, -0.1) is 0 Å². The molecule has 0 spiro atoms. The Morgan fingerprint density at radius 2 is 2.18 bits per heavy atom. The van der Waals surface area contributed by atoms with Crippen molar-refractivity contribution in [1.29, 1.82) is 0 Å². The van der Waals surface area contributed by atoms with E-state index in [9.17, 15) is 4.79 Å². The largest absolute Gasteiger partial charge is 0.493 e. The number of hydrogen-bond donors (Lipinski definition) is 0. The molecule has 2 heteroatoms. The number of Topliss-reactive ketones (excluding diaryl/α,β-unsaturated/α-hetero) is 1. The minimum Gasteiger partial charge on any atom is -0.493 e. The summed E-state index contributed by atoms with van der Waals surface area (Å²) in [5, 5.41) is 0. The molecule has 0 aromatic heterocycles. The lowest BCUT2D eigenvalue weighted by Crippen LogP contribution is -2.14. The van der Waals surface area contributed by atoms with Gasteiger partial charge in [-0.2, -0.15) is 0 Å². The lowest BCUT2D eigenvalue weighted by atomic mass is 9.83. The van der Waals surface area contributed by atoms with Crippen molar-refractivity contribution in [3.8, 4) is 5.75 Å². The van der Waals surface area contributed by atoms with E-state index in [-0.39, 0.29) is 0 Å². The van der Waals surface area contributed by atoms with Gasteiger partial charge in [-0.25, -0.2) is 0 Å². The van der Waals surface area contributed by atoms with Gasteiger partial charge in [0.2, 0.25) is 0 Å². The van der Waals surface area contributed by atoms with Gasteiger partial charge in [0, 0.05) is 12.8 Å². The van der Waals surface area contributed by atoms with Crippen LogP contribution in [0.3, 0.4) is 0 Å². The summed E-state index contributed by atoms with van der Waals surface area (Å²) < 4.78 is 5.76. The number of ether oxygens (including phenoxy) is 1. The summed E-state index contributed by atoms with van der Waals surface area (Å²) >= 11 is 0. The minimum atomic E-state index is 0.365. The summed E-state index contributed by atoms with van der Waals surface area (Å²) in [5.41, 5.74) is 1.22. The zero-order valence-electron chi connectivity index (χ0n) is 10.4. The average molecular weight is 232 g/mol. The molecule has 0 heterocycles. The molecule has 2 rings (SSSR count). The van der Waals surface area contributed by atoms with Crippen LogP contribution in [-0.4, -0.2) is 12.4 Å². The average Bonchev–Trinajstić information content (AvgIpc) is 2.37. The van der Waals surface area contributed by atoms with E-state index in [1.54, 1.807) is 0 Å². The van der Waals surface area contributed by atoms with Crippen LogP contribution in [-0.2, 0) is 4.79 Å². The minimum absolute atomic E-state index is 0.365. The molecule has 1 unspecified atom stereocenters. The maximum Gasteiger partial charge on any atom is 0.133 e. The molecule has 2 nitrogen and oxygen atoms in total. The Bertz CT molecular complexity index is 384. The summed E-state index contributed by atoms with van der Waals surface area (Å²) in [6, 6.07) is 8.16. The summed E-state index contributed by atoms with van der Waals surface area (Å²) in [5.74, 6) is 1.73. The second-order valence-corrected chi connectivity index (χ2v) is 4.72. The highest BCUT2D eigenvalue weighted by Gasteiger charge is 2.23. The molecule has 0 N–H and O–H groups in total. The first kappa shape index (κ1) is 12.2. The molecule has 1 fully saturated rings. The predicted molar refractivity (Wildman–Crippen MR) is 68.4 cm³/mol. The second-order valence-electron chi connectivity index (χ2n) is 4.72. The maximum absolute atomic E-state index is 11.5. The van der Waals surface area contributed by atoms with E-state index in [0.29, 0.717) is 18.1 Å². The molecule has 1 saturated carbocycles. The van der Waals surface area contributed by atoms with Crippen molar-refractivity contribution >= 4 is 5.78 Å². The Morgan fingerprint density at radius 1 is 1.35 bits per heavy atom. The Labute approximate surface area is 103 Å². The Kier molecular flexibility index (Phi) is 4.18. The molecule has 0 aliphatic heterocycles. The van der Waals surface area contributed by atoms with E-state index >= 15 is 0 Å². The fraction of sp³-hybridized carbons (Fsp3) is 0.533. The summed E-state index contributed by atoms with van der Waals surface area (Å²) in [6.45, 7) is 2.85. The number of benzene rings is 1. The fourth-order valence-corrected chi connectivity index (χ4v) is 2.45. The third-order valence-electron chi connectivity index (χ3n) is 3.30. The summed E-state index contributed by atoms with van der Waals surface area (Å²) in [4.78, 5) is 11.5. The topological polar surface area (TPSA) is 26.3 Å². The van der Waals surface area contributed by atoms with E-state index < -0.39 is 0 Å². The molecule has 1 aliphatic rings. The summed E-state index contributed by atoms with van der Waals surface area (Å²) in [6.07, 6.45) is 4.59. The predicted octanol–water partition coefficient (Wildman–Crippen LogP) is 3.70. The Balaban J connectivity index is 2.15. The maximum atomic E-state index is 11.5. The van der Waals surface area contributed by atoms with Gasteiger partial charge in [0.25, 0.3) is 0 Å². The molecular formula is C15H20O2. The van der Waals surface area contributed by atoms with Crippen LogP contribution in [0.25, 0.3) is 0 Å². The van der Waals surface area contributed by atoms with E-state index in [1.165, 1.54) is 5.56 Å².